The zero-order chi connectivity index (χ0) is 22.7. The van der Waals surface area contributed by atoms with Gasteiger partial charge >= 0.3 is 5.97 Å². The third kappa shape index (κ3) is 4.98. The van der Waals surface area contributed by atoms with Crippen LogP contribution in [0.25, 0.3) is 0 Å². The normalized spacial score (nSPS) is 26.9. The lowest BCUT2D eigenvalue weighted by Gasteiger charge is -2.32. The molecule has 172 valence electrons. The number of rotatable bonds is 6. The van der Waals surface area contributed by atoms with Crippen molar-refractivity contribution < 1.29 is 33.7 Å². The third-order valence-electron chi connectivity index (χ3n) is 5.84. The molecule has 1 aromatic carbocycles. The number of amides is 2. The minimum Gasteiger partial charge on any atom is -0.456 e. The first-order valence-corrected chi connectivity index (χ1v) is 11.7. The molecule has 2 N–H and O–H groups in total. The van der Waals surface area contributed by atoms with Crippen molar-refractivity contribution in [1.29, 1.82) is 0 Å². The van der Waals surface area contributed by atoms with Gasteiger partial charge in [-0.1, -0.05) is 0 Å². The SMILES string of the molecule is O=C(OC1CC(C(=O)N2CCCC2C(=O)NCCO)=CC2OCOC21)c1ccc(I)cc1. The van der Waals surface area contributed by atoms with Gasteiger partial charge < -0.3 is 29.5 Å². The Morgan fingerprint density at radius 3 is 2.75 bits per heavy atom. The van der Waals surface area contributed by atoms with Crippen molar-refractivity contribution in [1.82, 2.24) is 10.2 Å². The van der Waals surface area contributed by atoms with E-state index in [0.29, 0.717) is 30.5 Å². The van der Waals surface area contributed by atoms with Gasteiger partial charge in [-0.2, -0.15) is 0 Å². The van der Waals surface area contributed by atoms with Gasteiger partial charge in [0.25, 0.3) is 0 Å². The predicted octanol–water partition coefficient (Wildman–Crippen LogP) is 0.988. The fraction of sp³-hybridized carbons (Fsp3) is 0.500. The number of hydrogen-bond acceptors (Lipinski definition) is 7. The number of aliphatic hydroxyl groups excluding tert-OH is 1. The molecule has 1 aliphatic carbocycles. The van der Waals surface area contributed by atoms with Crippen molar-refractivity contribution in [3.63, 3.8) is 0 Å². The van der Waals surface area contributed by atoms with Crippen LogP contribution in [0.3, 0.4) is 0 Å². The second-order valence-electron chi connectivity index (χ2n) is 7.90. The fourth-order valence-corrected chi connectivity index (χ4v) is 4.63. The molecular weight excluding hydrogens is 531 g/mol. The average molecular weight is 556 g/mol. The Hall–Kier alpha value is -2.02. The first-order valence-electron chi connectivity index (χ1n) is 10.6. The minimum atomic E-state index is -0.678. The van der Waals surface area contributed by atoms with Crippen molar-refractivity contribution in [3.8, 4) is 0 Å². The van der Waals surface area contributed by atoms with E-state index in [1.54, 1.807) is 23.1 Å². The molecule has 3 aliphatic rings. The van der Waals surface area contributed by atoms with Gasteiger partial charge in [-0.05, 0) is 65.8 Å². The maximum atomic E-state index is 13.3. The highest BCUT2D eigenvalue weighted by Crippen LogP contribution is 2.32. The van der Waals surface area contributed by atoms with E-state index in [2.05, 4.69) is 27.9 Å². The Balaban J connectivity index is 1.48. The standard InChI is InChI=1S/C22H25IN2O7/c23-15-5-3-13(4-6-15)22(29)32-18-11-14(10-17-19(18)31-12-30-17)21(28)25-8-1-2-16(25)20(27)24-7-9-26/h3-6,10,16-19,26H,1-2,7-9,11-12H2,(H,24,27). The van der Waals surface area contributed by atoms with Crippen LogP contribution in [-0.2, 0) is 23.8 Å². The van der Waals surface area contributed by atoms with Crippen LogP contribution >= 0.6 is 22.6 Å². The zero-order valence-corrected chi connectivity index (χ0v) is 19.5. The topological polar surface area (TPSA) is 114 Å². The second kappa shape index (κ2) is 10.3. The molecule has 0 saturated carbocycles. The average Bonchev–Trinajstić information content (AvgIpc) is 3.47. The molecule has 0 aromatic heterocycles. The van der Waals surface area contributed by atoms with E-state index in [1.165, 1.54) is 0 Å². The quantitative estimate of drug-likeness (QED) is 0.397. The summed E-state index contributed by atoms with van der Waals surface area (Å²) >= 11 is 2.16. The predicted molar refractivity (Wildman–Crippen MR) is 121 cm³/mol. The van der Waals surface area contributed by atoms with Crippen LogP contribution < -0.4 is 5.32 Å². The summed E-state index contributed by atoms with van der Waals surface area (Å²) in [4.78, 5) is 40.0. The van der Waals surface area contributed by atoms with Gasteiger partial charge in [0.1, 0.15) is 31.1 Å². The Bertz CT molecular complexity index is 904. The fourth-order valence-electron chi connectivity index (χ4n) is 4.27. The van der Waals surface area contributed by atoms with E-state index in [1.807, 2.05) is 12.1 Å². The van der Waals surface area contributed by atoms with Crippen molar-refractivity contribution in [2.45, 2.75) is 43.6 Å². The number of esters is 1. The monoisotopic (exact) mass is 556 g/mol. The van der Waals surface area contributed by atoms with Crippen LogP contribution in [-0.4, -0.2) is 78.6 Å². The summed E-state index contributed by atoms with van der Waals surface area (Å²) < 4.78 is 18.0. The Kier molecular flexibility index (Phi) is 7.44. The van der Waals surface area contributed by atoms with Crippen molar-refractivity contribution >= 4 is 40.4 Å². The van der Waals surface area contributed by atoms with Crippen LogP contribution in [0.15, 0.2) is 35.9 Å². The van der Waals surface area contributed by atoms with Crippen LogP contribution in [0, 0.1) is 3.57 Å². The minimum absolute atomic E-state index is 0.0563. The van der Waals surface area contributed by atoms with Crippen LogP contribution in [0.2, 0.25) is 0 Å². The molecule has 1 aromatic rings. The van der Waals surface area contributed by atoms with E-state index < -0.39 is 30.3 Å². The number of likely N-dealkylation sites (tertiary alicyclic amines) is 1. The summed E-state index contributed by atoms with van der Waals surface area (Å²) in [6, 6.07) is 6.44. The smallest absolute Gasteiger partial charge is 0.338 e. The molecule has 10 heteroatoms. The van der Waals surface area contributed by atoms with Crippen LogP contribution in [0.1, 0.15) is 29.6 Å². The van der Waals surface area contributed by atoms with Crippen LogP contribution in [0.5, 0.6) is 0 Å². The third-order valence-corrected chi connectivity index (χ3v) is 6.56. The molecule has 2 saturated heterocycles. The van der Waals surface area contributed by atoms with E-state index in [9.17, 15) is 14.4 Å². The van der Waals surface area contributed by atoms with Crippen molar-refractivity contribution in [3.05, 3.63) is 45.0 Å². The number of carbonyl (C=O) groups excluding carboxylic acids is 3. The van der Waals surface area contributed by atoms with Gasteiger partial charge in [-0.15, -0.1) is 0 Å². The molecule has 0 radical (unpaired) electrons. The maximum Gasteiger partial charge on any atom is 0.338 e. The summed E-state index contributed by atoms with van der Waals surface area (Å²) in [7, 11) is 0. The summed E-state index contributed by atoms with van der Waals surface area (Å²) in [5, 5.41) is 11.6. The number of nitrogens with zero attached hydrogens (tertiary/aromatic N) is 1. The van der Waals surface area contributed by atoms with Gasteiger partial charge in [0.15, 0.2) is 0 Å². The molecule has 4 rings (SSSR count). The van der Waals surface area contributed by atoms with E-state index in [0.717, 1.165) is 3.57 Å². The van der Waals surface area contributed by atoms with E-state index in [-0.39, 0.29) is 38.2 Å². The van der Waals surface area contributed by atoms with Gasteiger partial charge in [0.05, 0.1) is 12.2 Å². The van der Waals surface area contributed by atoms with Gasteiger partial charge in [0, 0.05) is 28.7 Å². The highest BCUT2D eigenvalue weighted by Gasteiger charge is 2.44. The Morgan fingerprint density at radius 2 is 2.00 bits per heavy atom. The number of carbonyl (C=O) groups is 3. The Morgan fingerprint density at radius 1 is 1.22 bits per heavy atom. The lowest BCUT2D eigenvalue weighted by molar-refractivity contribution is -0.136. The largest absolute Gasteiger partial charge is 0.456 e. The van der Waals surface area contributed by atoms with Gasteiger partial charge in [-0.3, -0.25) is 9.59 Å². The number of hydrogen-bond donors (Lipinski definition) is 2. The molecular formula is C22H25IN2O7. The summed E-state index contributed by atoms with van der Waals surface area (Å²) in [6.45, 7) is 0.504. The molecule has 2 aliphatic heterocycles. The highest BCUT2D eigenvalue weighted by atomic mass is 127. The number of halogens is 1. The summed E-state index contributed by atoms with van der Waals surface area (Å²) in [6.07, 6.45) is 1.52. The summed E-state index contributed by atoms with van der Waals surface area (Å²) in [5.41, 5.74) is 0.863. The number of fused-ring (bicyclic) bond motifs is 1. The van der Waals surface area contributed by atoms with Gasteiger partial charge in [-0.25, -0.2) is 4.79 Å². The molecule has 2 heterocycles. The maximum absolute atomic E-state index is 13.3. The molecule has 0 spiro atoms. The highest BCUT2D eigenvalue weighted by molar-refractivity contribution is 14.1. The van der Waals surface area contributed by atoms with Crippen molar-refractivity contribution in [2.24, 2.45) is 0 Å². The van der Waals surface area contributed by atoms with E-state index >= 15 is 0 Å². The van der Waals surface area contributed by atoms with Crippen molar-refractivity contribution in [2.75, 3.05) is 26.5 Å². The molecule has 4 unspecified atom stereocenters. The van der Waals surface area contributed by atoms with Crippen LogP contribution in [0.4, 0.5) is 0 Å². The molecule has 32 heavy (non-hydrogen) atoms. The molecule has 0 bridgehead atoms. The first-order chi connectivity index (χ1) is 15.5. The molecule has 2 amide bonds. The second-order valence-corrected chi connectivity index (χ2v) is 9.14. The number of benzene rings is 1. The molecule has 4 atom stereocenters. The lowest BCUT2D eigenvalue weighted by Crippen LogP contribution is -2.49. The first kappa shape index (κ1) is 23.1. The zero-order valence-electron chi connectivity index (χ0n) is 17.4. The number of nitrogens with one attached hydrogen (secondary N) is 1. The molecule has 2 fully saturated rings. The molecule has 9 nitrogen and oxygen atoms in total. The summed E-state index contributed by atoms with van der Waals surface area (Å²) in [5.74, 6) is -1.03. The lowest BCUT2D eigenvalue weighted by atomic mass is 9.91. The van der Waals surface area contributed by atoms with E-state index in [4.69, 9.17) is 19.3 Å². The number of ether oxygens (including phenoxy) is 3. The van der Waals surface area contributed by atoms with Gasteiger partial charge in [0.2, 0.25) is 11.8 Å². The Labute approximate surface area is 199 Å². The number of aliphatic hydroxyl groups is 1.